The maximum atomic E-state index is 10.7. The molecule has 6 nitrogen and oxygen atoms in total. The number of amidine groups is 1. The number of nitrogens with zero attached hydrogens (tertiary/aromatic N) is 4. The molecule has 0 saturated carbocycles. The minimum absolute atomic E-state index is 0.0370. The third kappa shape index (κ3) is 2.72. The zero-order chi connectivity index (χ0) is 14.9. The zero-order valence-corrected chi connectivity index (χ0v) is 12.4. The van der Waals surface area contributed by atoms with Crippen LogP contribution < -0.4 is 4.90 Å². The first-order valence-corrected chi connectivity index (χ1v) is 6.47. The van der Waals surface area contributed by atoms with Gasteiger partial charge in [-0.3, -0.25) is 4.79 Å². The second-order valence-corrected chi connectivity index (χ2v) is 4.92. The van der Waals surface area contributed by atoms with Gasteiger partial charge in [0, 0.05) is 29.7 Å². The number of carboxylic acid groups (broad SMARTS) is 1. The Morgan fingerprint density at radius 1 is 1.40 bits per heavy atom. The number of azo groups is 2. The molecule has 0 unspecified atom stereocenters. The van der Waals surface area contributed by atoms with E-state index in [1.54, 1.807) is 16.6 Å². The van der Waals surface area contributed by atoms with Crippen LogP contribution in [0, 0.1) is 0 Å². The van der Waals surface area contributed by atoms with Gasteiger partial charge in [0.15, 0.2) is 12.7 Å². The predicted molar refractivity (Wildman–Crippen MR) is 79.2 cm³/mol. The first-order valence-electron chi connectivity index (χ1n) is 6.06. The first kappa shape index (κ1) is 14.3. The fourth-order valence-electron chi connectivity index (χ4n) is 1.98. The van der Waals surface area contributed by atoms with E-state index < -0.39 is 5.97 Å². The highest BCUT2D eigenvalue weighted by molar-refractivity contribution is 7.79. The summed E-state index contributed by atoms with van der Waals surface area (Å²) in [5.74, 6) is 0.0727. The van der Waals surface area contributed by atoms with Crippen LogP contribution in [0.1, 0.15) is 6.92 Å². The van der Waals surface area contributed by atoms with Crippen LogP contribution in [0.2, 0.25) is 0 Å². The fourth-order valence-corrected chi connectivity index (χ4v) is 2.34. The van der Waals surface area contributed by atoms with Gasteiger partial charge in [0.1, 0.15) is 6.54 Å². The topological polar surface area (TPSA) is 58.9 Å². The van der Waals surface area contributed by atoms with Crippen LogP contribution in [-0.4, -0.2) is 51.9 Å². The molecule has 1 heterocycles. The highest BCUT2D eigenvalue weighted by atomic mass is 32.1. The number of likely N-dealkylation sites (N-methyl/N-ethyl adjacent to an activating group) is 1. The van der Waals surface area contributed by atoms with Gasteiger partial charge in [0.05, 0.1) is 6.92 Å². The van der Waals surface area contributed by atoms with Gasteiger partial charge in [-0.05, 0) is 24.3 Å². The van der Waals surface area contributed by atoms with Crippen LogP contribution in [0.4, 0.5) is 11.4 Å². The molecule has 0 radical (unpaired) electrons. The van der Waals surface area contributed by atoms with Gasteiger partial charge in [-0.2, -0.15) is 0 Å². The summed E-state index contributed by atoms with van der Waals surface area (Å²) in [6, 6.07) is 7.54. The minimum Gasteiger partial charge on any atom is -0.480 e. The Bertz CT molecular complexity index is 634. The average molecular weight is 292 g/mol. The minimum atomic E-state index is -0.859. The van der Waals surface area contributed by atoms with E-state index >= 15 is 0 Å². The molecule has 2 rings (SSSR count). The Balaban J connectivity index is 2.26. The van der Waals surface area contributed by atoms with E-state index in [4.69, 9.17) is 17.3 Å². The third-order valence-electron chi connectivity index (χ3n) is 3.14. The van der Waals surface area contributed by atoms with Crippen molar-refractivity contribution in [2.24, 2.45) is 5.11 Å². The average Bonchev–Trinajstić information content (AvgIpc) is 2.63. The van der Waals surface area contributed by atoms with Crippen LogP contribution in [0.3, 0.4) is 0 Å². The summed E-state index contributed by atoms with van der Waals surface area (Å²) in [5.41, 5.74) is 1.75. The summed E-state index contributed by atoms with van der Waals surface area (Å²) >= 11 is 5.23. The summed E-state index contributed by atoms with van der Waals surface area (Å²) in [4.78, 5) is 12.4. The maximum Gasteiger partial charge on any atom is 0.521 e. The molecule has 1 aliphatic rings. The van der Waals surface area contributed by atoms with Gasteiger partial charge in [0.25, 0.3) is 5.11 Å². The van der Waals surface area contributed by atoms with Crippen molar-refractivity contribution in [2.75, 3.05) is 25.5 Å². The monoisotopic (exact) mass is 292 g/mol. The number of carbonyl (C=O) groups is 1. The Kier molecular flexibility index (Phi) is 3.89. The molecule has 1 aliphatic heterocycles. The van der Waals surface area contributed by atoms with Crippen molar-refractivity contribution >= 4 is 40.5 Å². The van der Waals surface area contributed by atoms with Gasteiger partial charge in [-0.15, -0.1) is 0 Å². The highest BCUT2D eigenvalue weighted by Gasteiger charge is 2.37. The van der Waals surface area contributed by atoms with Gasteiger partial charge in [-0.1, -0.05) is 4.58 Å². The molecule has 0 aliphatic carbocycles. The predicted octanol–water partition coefficient (Wildman–Crippen LogP) is 1.66. The third-order valence-corrected chi connectivity index (χ3v) is 3.40. The Morgan fingerprint density at radius 3 is 2.45 bits per heavy atom. The van der Waals surface area contributed by atoms with Crippen molar-refractivity contribution in [1.82, 2.24) is 0 Å². The molecular weight excluding hydrogens is 276 g/mol. The molecular formula is C13H16N4O2S+2. The fraction of sp³-hybridized carbons (Fsp3) is 0.308. The lowest BCUT2D eigenvalue weighted by Crippen LogP contribution is -2.25. The van der Waals surface area contributed by atoms with E-state index in [-0.39, 0.29) is 6.54 Å². The van der Waals surface area contributed by atoms with E-state index in [0.29, 0.717) is 5.11 Å². The normalized spacial score (nSPS) is 14.6. The number of anilines is 1. The van der Waals surface area contributed by atoms with Crippen LogP contribution in [-0.2, 0) is 4.79 Å². The quantitative estimate of drug-likeness (QED) is 0.677. The van der Waals surface area contributed by atoms with E-state index in [0.717, 1.165) is 17.2 Å². The summed E-state index contributed by atoms with van der Waals surface area (Å²) in [7, 11) is 3.58. The van der Waals surface area contributed by atoms with Crippen molar-refractivity contribution in [3.05, 3.63) is 24.3 Å². The van der Waals surface area contributed by atoms with Gasteiger partial charge < -0.3 is 10.0 Å². The number of benzene rings is 1. The smallest absolute Gasteiger partial charge is 0.480 e. The lowest BCUT2D eigenvalue weighted by molar-refractivity contribution is -0.469. The number of rotatable bonds is 4. The SMILES string of the molecule is CC1=[N+](c2ccc(N(C)CC(=O)O)cc2)C(=S)N=[N+]1C. The van der Waals surface area contributed by atoms with Crippen LogP contribution >= 0.6 is 12.2 Å². The van der Waals surface area contributed by atoms with Crippen LogP contribution in [0.25, 0.3) is 0 Å². The molecule has 104 valence electrons. The number of carboxylic acids is 1. The molecule has 0 saturated heterocycles. The van der Waals surface area contributed by atoms with Gasteiger partial charge in [0.2, 0.25) is 0 Å². The molecule has 1 N–H and O–H groups in total. The summed E-state index contributed by atoms with van der Waals surface area (Å²) in [5, 5.41) is 13.5. The molecule has 0 atom stereocenters. The Morgan fingerprint density at radius 2 is 2.00 bits per heavy atom. The second kappa shape index (κ2) is 5.46. The molecule has 0 amide bonds. The Hall–Kier alpha value is -2.15. The van der Waals surface area contributed by atoms with Gasteiger partial charge in [-0.25, -0.2) is 0 Å². The largest absolute Gasteiger partial charge is 0.521 e. The lowest BCUT2D eigenvalue weighted by atomic mass is 10.2. The molecule has 7 heteroatoms. The van der Waals surface area contributed by atoms with Crippen molar-refractivity contribution in [3.8, 4) is 0 Å². The summed E-state index contributed by atoms with van der Waals surface area (Å²) in [6.07, 6.45) is 0. The van der Waals surface area contributed by atoms with Crippen molar-refractivity contribution < 1.29 is 19.2 Å². The molecule has 1 aromatic carbocycles. The molecule has 0 aromatic heterocycles. The number of hydrogen-bond donors (Lipinski definition) is 1. The molecule has 0 fully saturated rings. The van der Waals surface area contributed by atoms with Gasteiger partial charge >= 0.3 is 16.9 Å². The van der Waals surface area contributed by atoms with Crippen molar-refractivity contribution in [1.29, 1.82) is 0 Å². The number of hydrogen-bond acceptors (Lipinski definition) is 3. The maximum absolute atomic E-state index is 10.7. The summed E-state index contributed by atoms with van der Waals surface area (Å²) < 4.78 is 3.60. The van der Waals surface area contributed by atoms with E-state index in [1.807, 2.05) is 42.8 Å². The molecule has 0 bridgehead atoms. The second-order valence-electron chi connectivity index (χ2n) is 4.56. The standard InChI is InChI=1S/C13H15N4O2S/c1-9-16(3)14-13(20)17(9)11-6-4-10(5-7-11)15(2)8-12(18)19/h4-7H,8H2,1-3H3/q+1/p+1. The van der Waals surface area contributed by atoms with Crippen LogP contribution in [0.5, 0.6) is 0 Å². The molecule has 20 heavy (non-hydrogen) atoms. The number of aliphatic carboxylic acids is 1. The van der Waals surface area contributed by atoms with Crippen molar-refractivity contribution in [2.45, 2.75) is 6.92 Å². The van der Waals surface area contributed by atoms with E-state index in [1.165, 1.54) is 0 Å². The summed E-state index contributed by atoms with van der Waals surface area (Å²) in [6.45, 7) is 1.90. The molecule has 1 aromatic rings. The lowest BCUT2D eigenvalue weighted by Gasteiger charge is -2.16. The van der Waals surface area contributed by atoms with Crippen LogP contribution in [0.15, 0.2) is 29.4 Å². The molecule has 0 spiro atoms. The van der Waals surface area contributed by atoms with E-state index in [2.05, 4.69) is 5.11 Å². The van der Waals surface area contributed by atoms with E-state index in [9.17, 15) is 4.79 Å². The highest BCUT2D eigenvalue weighted by Crippen LogP contribution is 2.21. The first-order chi connectivity index (χ1) is 9.40. The van der Waals surface area contributed by atoms with Crippen molar-refractivity contribution in [3.63, 3.8) is 0 Å². The zero-order valence-electron chi connectivity index (χ0n) is 11.6. The number of thiocarbonyl (C=S) groups is 1. The Labute approximate surface area is 122 Å².